The zero-order chi connectivity index (χ0) is 13.2. The first-order valence-corrected chi connectivity index (χ1v) is 6.09. The predicted molar refractivity (Wildman–Crippen MR) is 67.4 cm³/mol. The molecule has 2 aromatic heterocycles. The molecule has 1 aliphatic rings. The molecule has 0 N–H and O–H groups in total. The summed E-state index contributed by atoms with van der Waals surface area (Å²) >= 11 is 0. The van der Waals surface area contributed by atoms with Gasteiger partial charge in [-0.2, -0.15) is 0 Å². The number of carbonyl (C=O) groups excluding carboxylic acids is 1. The van der Waals surface area contributed by atoms with Crippen molar-refractivity contribution in [3.05, 3.63) is 48.1 Å². The summed E-state index contributed by atoms with van der Waals surface area (Å²) in [5.74, 6) is 0.945. The molecule has 1 saturated heterocycles. The van der Waals surface area contributed by atoms with Gasteiger partial charge in [-0.05, 0) is 13.0 Å². The van der Waals surface area contributed by atoms with E-state index in [-0.39, 0.29) is 11.8 Å². The zero-order valence-electron chi connectivity index (χ0n) is 10.5. The molecule has 0 radical (unpaired) electrons. The molecule has 0 atom stereocenters. The number of hydrogen-bond acceptors (Lipinski definition) is 5. The third-order valence-corrected chi connectivity index (χ3v) is 3.13. The quantitative estimate of drug-likeness (QED) is 0.794. The Labute approximate surface area is 110 Å². The number of amides is 1. The molecule has 2 aromatic rings. The van der Waals surface area contributed by atoms with E-state index in [0.717, 1.165) is 11.5 Å². The summed E-state index contributed by atoms with van der Waals surface area (Å²) in [5, 5.41) is 0. The molecule has 3 rings (SSSR count). The van der Waals surface area contributed by atoms with E-state index in [1.54, 1.807) is 17.3 Å². The van der Waals surface area contributed by atoms with Gasteiger partial charge in [-0.1, -0.05) is 0 Å². The summed E-state index contributed by atoms with van der Waals surface area (Å²) in [7, 11) is 0. The van der Waals surface area contributed by atoms with Gasteiger partial charge >= 0.3 is 0 Å². The maximum absolute atomic E-state index is 12.1. The molecule has 0 bridgehead atoms. The molecule has 96 valence electrons. The number of rotatable bonds is 2. The second kappa shape index (κ2) is 4.72. The van der Waals surface area contributed by atoms with Gasteiger partial charge in [0.2, 0.25) is 0 Å². The van der Waals surface area contributed by atoms with Crippen LogP contribution in [0.1, 0.15) is 27.9 Å². The van der Waals surface area contributed by atoms with Gasteiger partial charge in [0, 0.05) is 37.4 Å². The van der Waals surface area contributed by atoms with Crippen LogP contribution in [0.2, 0.25) is 0 Å². The third-order valence-electron chi connectivity index (χ3n) is 3.13. The summed E-state index contributed by atoms with van der Waals surface area (Å²) in [6.07, 6.45) is 6.31. The van der Waals surface area contributed by atoms with Crippen molar-refractivity contribution in [2.24, 2.45) is 0 Å². The number of aryl methyl sites for hydroxylation is 1. The predicted octanol–water partition coefficient (Wildman–Crippen LogP) is 0.815. The lowest BCUT2D eigenvalue weighted by molar-refractivity contribution is 0.0588. The Morgan fingerprint density at radius 3 is 2.79 bits per heavy atom. The minimum atomic E-state index is -0.0861. The Hall–Kier alpha value is -2.37. The van der Waals surface area contributed by atoms with E-state index < -0.39 is 0 Å². The van der Waals surface area contributed by atoms with Crippen molar-refractivity contribution in [2.45, 2.75) is 12.8 Å². The molecule has 0 aliphatic carbocycles. The average molecular weight is 255 g/mol. The minimum Gasteiger partial charge on any atom is -0.336 e. The van der Waals surface area contributed by atoms with Crippen molar-refractivity contribution in [2.75, 3.05) is 13.1 Å². The highest BCUT2D eigenvalue weighted by Gasteiger charge is 2.34. The van der Waals surface area contributed by atoms with E-state index in [2.05, 4.69) is 19.9 Å². The normalized spacial score (nSPS) is 15.1. The van der Waals surface area contributed by atoms with E-state index >= 15 is 0 Å². The molecule has 6 heteroatoms. The second-order valence-corrected chi connectivity index (χ2v) is 4.55. The van der Waals surface area contributed by atoms with Gasteiger partial charge in [-0.25, -0.2) is 15.0 Å². The first-order valence-electron chi connectivity index (χ1n) is 6.09. The fourth-order valence-corrected chi connectivity index (χ4v) is 2.04. The van der Waals surface area contributed by atoms with Gasteiger partial charge in [0.05, 0.1) is 12.1 Å². The first kappa shape index (κ1) is 11.7. The largest absolute Gasteiger partial charge is 0.336 e. The fourth-order valence-electron chi connectivity index (χ4n) is 2.04. The molecule has 1 amide bonds. The molecule has 1 fully saturated rings. The molecule has 0 unspecified atom stereocenters. The zero-order valence-corrected chi connectivity index (χ0v) is 10.5. The Bertz CT molecular complexity index is 595. The van der Waals surface area contributed by atoms with Crippen LogP contribution in [-0.4, -0.2) is 43.8 Å². The van der Waals surface area contributed by atoms with Crippen LogP contribution in [0.4, 0.5) is 0 Å². The highest BCUT2D eigenvalue weighted by molar-refractivity contribution is 5.92. The van der Waals surface area contributed by atoms with Crippen LogP contribution >= 0.6 is 0 Å². The van der Waals surface area contributed by atoms with Crippen molar-refractivity contribution in [3.63, 3.8) is 0 Å². The van der Waals surface area contributed by atoms with Crippen molar-refractivity contribution in [3.8, 4) is 0 Å². The van der Waals surface area contributed by atoms with E-state index in [0.29, 0.717) is 18.8 Å². The SMILES string of the molecule is Cc1ccnc(C2CN(C(=O)c3cnccn3)C2)n1. The molecule has 0 saturated carbocycles. The number of hydrogen-bond donors (Lipinski definition) is 0. The average Bonchev–Trinajstić information content (AvgIpc) is 2.38. The Balaban J connectivity index is 1.66. The standard InChI is InChI=1S/C13H13N5O/c1-9-2-3-16-12(17-9)10-7-18(8-10)13(19)11-6-14-4-5-15-11/h2-6,10H,7-8H2,1H3. The lowest BCUT2D eigenvalue weighted by atomic mass is 9.98. The highest BCUT2D eigenvalue weighted by atomic mass is 16.2. The summed E-state index contributed by atoms with van der Waals surface area (Å²) < 4.78 is 0. The van der Waals surface area contributed by atoms with E-state index in [1.165, 1.54) is 12.4 Å². The van der Waals surface area contributed by atoms with Gasteiger partial charge in [-0.15, -0.1) is 0 Å². The van der Waals surface area contributed by atoms with E-state index in [9.17, 15) is 4.79 Å². The van der Waals surface area contributed by atoms with Gasteiger partial charge in [-0.3, -0.25) is 9.78 Å². The number of likely N-dealkylation sites (tertiary alicyclic amines) is 1. The highest BCUT2D eigenvalue weighted by Crippen LogP contribution is 2.25. The molecule has 0 aromatic carbocycles. The lowest BCUT2D eigenvalue weighted by Gasteiger charge is -2.37. The summed E-state index contributed by atoms with van der Waals surface area (Å²) in [6, 6.07) is 1.87. The Kier molecular flexibility index (Phi) is 2.91. The minimum absolute atomic E-state index is 0.0861. The molecular weight excluding hydrogens is 242 g/mol. The van der Waals surface area contributed by atoms with Crippen molar-refractivity contribution < 1.29 is 4.79 Å². The first-order chi connectivity index (χ1) is 9.24. The third kappa shape index (κ3) is 2.29. The summed E-state index contributed by atoms with van der Waals surface area (Å²) in [5.41, 5.74) is 1.33. The molecule has 0 spiro atoms. The van der Waals surface area contributed by atoms with Crippen LogP contribution in [0.5, 0.6) is 0 Å². The van der Waals surface area contributed by atoms with Gasteiger partial charge < -0.3 is 4.90 Å². The summed E-state index contributed by atoms with van der Waals surface area (Å²) in [4.78, 5) is 30.3. The molecule has 3 heterocycles. The monoisotopic (exact) mass is 255 g/mol. The van der Waals surface area contributed by atoms with Gasteiger partial charge in [0.15, 0.2) is 0 Å². The second-order valence-electron chi connectivity index (χ2n) is 4.55. The van der Waals surface area contributed by atoms with Crippen molar-refractivity contribution in [1.82, 2.24) is 24.8 Å². The van der Waals surface area contributed by atoms with Crippen LogP contribution < -0.4 is 0 Å². The Morgan fingerprint density at radius 1 is 1.26 bits per heavy atom. The lowest BCUT2D eigenvalue weighted by Crippen LogP contribution is -2.49. The number of nitrogens with zero attached hydrogens (tertiary/aromatic N) is 5. The van der Waals surface area contributed by atoms with Crippen molar-refractivity contribution in [1.29, 1.82) is 0 Å². The van der Waals surface area contributed by atoms with Crippen LogP contribution in [0, 0.1) is 6.92 Å². The number of carbonyl (C=O) groups is 1. The van der Waals surface area contributed by atoms with Crippen LogP contribution in [0.25, 0.3) is 0 Å². The van der Waals surface area contributed by atoms with E-state index in [1.807, 2.05) is 13.0 Å². The van der Waals surface area contributed by atoms with Crippen molar-refractivity contribution >= 4 is 5.91 Å². The van der Waals surface area contributed by atoms with Gasteiger partial charge in [0.25, 0.3) is 5.91 Å². The van der Waals surface area contributed by atoms with Gasteiger partial charge in [0.1, 0.15) is 11.5 Å². The molecule has 1 aliphatic heterocycles. The fraction of sp³-hybridized carbons (Fsp3) is 0.308. The topological polar surface area (TPSA) is 71.9 Å². The van der Waals surface area contributed by atoms with Crippen LogP contribution in [0.3, 0.4) is 0 Å². The van der Waals surface area contributed by atoms with E-state index in [4.69, 9.17) is 0 Å². The van der Waals surface area contributed by atoms with Crippen LogP contribution in [0.15, 0.2) is 30.9 Å². The maximum atomic E-state index is 12.1. The smallest absolute Gasteiger partial charge is 0.274 e. The number of aromatic nitrogens is 4. The molecule has 6 nitrogen and oxygen atoms in total. The molecule has 19 heavy (non-hydrogen) atoms. The van der Waals surface area contributed by atoms with Crippen LogP contribution in [-0.2, 0) is 0 Å². The summed E-state index contributed by atoms with van der Waals surface area (Å²) in [6.45, 7) is 3.21. The molecular formula is C13H13N5O. The Morgan fingerprint density at radius 2 is 2.11 bits per heavy atom. The maximum Gasteiger partial charge on any atom is 0.274 e.